The van der Waals surface area contributed by atoms with E-state index in [2.05, 4.69) is 4.74 Å². The standard InChI is InChI=1S/C21H18ClNO6/c1-13-8-16(5-6-17(13)22)28-12-20(24)29-18-7-4-14(10-19(18)26-2)9-15(11-23)21(25)27-3/h4-10H,12H2,1-3H3/b15-9+. The number of nitrogens with zero attached hydrogens (tertiary/aromatic N) is 1. The Hall–Kier alpha value is -3.50. The van der Waals surface area contributed by atoms with Crippen molar-refractivity contribution in [3.8, 4) is 23.3 Å². The van der Waals surface area contributed by atoms with Crippen molar-refractivity contribution in [2.45, 2.75) is 6.92 Å². The van der Waals surface area contributed by atoms with E-state index in [1.165, 1.54) is 32.4 Å². The van der Waals surface area contributed by atoms with Gasteiger partial charge in [0.25, 0.3) is 0 Å². The smallest absolute Gasteiger partial charge is 0.349 e. The highest BCUT2D eigenvalue weighted by molar-refractivity contribution is 6.31. The van der Waals surface area contributed by atoms with E-state index in [-0.39, 0.29) is 23.7 Å². The van der Waals surface area contributed by atoms with Gasteiger partial charge in [-0.25, -0.2) is 9.59 Å². The second-order valence-corrected chi connectivity index (χ2v) is 6.15. The molecule has 0 saturated heterocycles. The molecule has 150 valence electrons. The molecule has 0 unspecified atom stereocenters. The third kappa shape index (κ3) is 5.99. The monoisotopic (exact) mass is 415 g/mol. The topological polar surface area (TPSA) is 94.9 Å². The van der Waals surface area contributed by atoms with Gasteiger partial charge in [-0.2, -0.15) is 5.26 Å². The molecule has 0 aliphatic carbocycles. The van der Waals surface area contributed by atoms with E-state index in [0.29, 0.717) is 16.3 Å². The highest BCUT2D eigenvalue weighted by Crippen LogP contribution is 2.29. The van der Waals surface area contributed by atoms with Crippen molar-refractivity contribution in [1.82, 2.24) is 0 Å². The van der Waals surface area contributed by atoms with Gasteiger partial charge in [0, 0.05) is 5.02 Å². The van der Waals surface area contributed by atoms with Gasteiger partial charge in [0.15, 0.2) is 18.1 Å². The lowest BCUT2D eigenvalue weighted by Crippen LogP contribution is -2.18. The molecule has 8 heteroatoms. The van der Waals surface area contributed by atoms with Gasteiger partial charge in [-0.1, -0.05) is 17.7 Å². The van der Waals surface area contributed by atoms with Gasteiger partial charge in [0.1, 0.15) is 17.4 Å². The summed E-state index contributed by atoms with van der Waals surface area (Å²) in [4.78, 5) is 23.6. The molecule has 0 heterocycles. The molecule has 0 atom stereocenters. The number of benzene rings is 2. The number of methoxy groups -OCH3 is 2. The minimum absolute atomic E-state index is 0.169. The van der Waals surface area contributed by atoms with Crippen LogP contribution in [0, 0.1) is 18.3 Å². The molecule has 0 aliphatic rings. The number of ether oxygens (including phenoxy) is 4. The van der Waals surface area contributed by atoms with Crippen molar-refractivity contribution in [3.63, 3.8) is 0 Å². The minimum Gasteiger partial charge on any atom is -0.493 e. The van der Waals surface area contributed by atoms with Crippen molar-refractivity contribution in [2.75, 3.05) is 20.8 Å². The third-order valence-corrected chi connectivity index (χ3v) is 4.16. The van der Waals surface area contributed by atoms with Gasteiger partial charge in [-0.05, 0) is 54.5 Å². The van der Waals surface area contributed by atoms with Crippen LogP contribution in [0.1, 0.15) is 11.1 Å². The van der Waals surface area contributed by atoms with Crippen LogP contribution in [0.25, 0.3) is 6.08 Å². The Morgan fingerprint density at radius 1 is 1.14 bits per heavy atom. The molecule has 0 aliphatic heterocycles. The molecule has 0 saturated carbocycles. The van der Waals surface area contributed by atoms with Crippen LogP contribution < -0.4 is 14.2 Å². The summed E-state index contributed by atoms with van der Waals surface area (Å²) in [6.07, 6.45) is 1.34. The van der Waals surface area contributed by atoms with Gasteiger partial charge >= 0.3 is 11.9 Å². The number of rotatable bonds is 7. The normalized spacial score (nSPS) is 10.7. The van der Waals surface area contributed by atoms with Gasteiger partial charge in [0.05, 0.1) is 14.2 Å². The zero-order chi connectivity index (χ0) is 21.4. The summed E-state index contributed by atoms with van der Waals surface area (Å²) in [5.74, 6) is -0.482. The summed E-state index contributed by atoms with van der Waals surface area (Å²) >= 11 is 5.95. The van der Waals surface area contributed by atoms with Crippen molar-refractivity contribution in [2.24, 2.45) is 0 Å². The molecular weight excluding hydrogens is 398 g/mol. The first-order valence-corrected chi connectivity index (χ1v) is 8.73. The first kappa shape index (κ1) is 21.8. The molecule has 0 fully saturated rings. The summed E-state index contributed by atoms with van der Waals surface area (Å²) in [6.45, 7) is 1.51. The lowest BCUT2D eigenvalue weighted by Gasteiger charge is -2.11. The molecule has 7 nitrogen and oxygen atoms in total. The molecule has 2 aromatic rings. The highest BCUT2D eigenvalue weighted by Gasteiger charge is 2.13. The Morgan fingerprint density at radius 2 is 1.90 bits per heavy atom. The third-order valence-electron chi connectivity index (χ3n) is 3.73. The zero-order valence-corrected chi connectivity index (χ0v) is 16.8. The summed E-state index contributed by atoms with van der Waals surface area (Å²) in [5.41, 5.74) is 1.15. The van der Waals surface area contributed by atoms with E-state index in [1.807, 2.05) is 6.92 Å². The van der Waals surface area contributed by atoms with Gasteiger partial charge in [-0.15, -0.1) is 0 Å². The zero-order valence-electron chi connectivity index (χ0n) is 16.0. The summed E-state index contributed by atoms with van der Waals surface area (Å²) in [7, 11) is 2.59. The van der Waals surface area contributed by atoms with Gasteiger partial charge in [-0.3, -0.25) is 0 Å². The Labute approximate surface area is 173 Å². The fourth-order valence-corrected chi connectivity index (χ4v) is 2.39. The van der Waals surface area contributed by atoms with E-state index in [4.69, 9.17) is 31.1 Å². The first-order valence-electron chi connectivity index (χ1n) is 8.35. The maximum atomic E-state index is 12.1. The molecule has 0 aromatic heterocycles. The number of esters is 2. The molecule has 2 aromatic carbocycles. The average Bonchev–Trinajstić information content (AvgIpc) is 2.73. The van der Waals surface area contributed by atoms with E-state index in [0.717, 1.165) is 5.56 Å². The van der Waals surface area contributed by atoms with E-state index >= 15 is 0 Å². The van der Waals surface area contributed by atoms with E-state index in [9.17, 15) is 9.59 Å². The van der Waals surface area contributed by atoms with Crippen LogP contribution in [0.15, 0.2) is 42.0 Å². The Morgan fingerprint density at radius 3 is 2.52 bits per heavy atom. The number of nitriles is 1. The quantitative estimate of drug-likeness (QED) is 0.294. The largest absolute Gasteiger partial charge is 0.493 e. The number of halogens is 1. The SMILES string of the molecule is COC(=O)/C(C#N)=C/c1ccc(OC(=O)COc2ccc(Cl)c(C)c2)c(OC)c1. The van der Waals surface area contributed by atoms with Crippen LogP contribution in [0.2, 0.25) is 5.02 Å². The molecular formula is C21H18ClNO6. The number of carbonyl (C=O) groups excluding carboxylic acids is 2. The Bertz CT molecular complexity index is 993. The lowest BCUT2D eigenvalue weighted by molar-refractivity contribution is -0.137. The van der Waals surface area contributed by atoms with Crippen molar-refractivity contribution in [3.05, 3.63) is 58.1 Å². The summed E-state index contributed by atoms with van der Waals surface area (Å²) < 4.78 is 20.4. The fraction of sp³-hybridized carbons (Fsp3) is 0.190. The Kier molecular flexibility index (Phi) is 7.63. The number of carbonyl (C=O) groups is 2. The molecule has 0 N–H and O–H groups in total. The van der Waals surface area contributed by atoms with Crippen molar-refractivity contribution < 1.29 is 28.5 Å². The second-order valence-electron chi connectivity index (χ2n) is 5.75. The summed E-state index contributed by atoms with van der Waals surface area (Å²) in [5, 5.41) is 9.64. The number of hydrogen-bond acceptors (Lipinski definition) is 7. The minimum atomic E-state index is -0.753. The predicted molar refractivity (Wildman–Crippen MR) is 106 cm³/mol. The fourth-order valence-electron chi connectivity index (χ4n) is 2.27. The first-order chi connectivity index (χ1) is 13.9. The molecule has 0 amide bonds. The van der Waals surface area contributed by atoms with E-state index in [1.54, 1.807) is 30.3 Å². The lowest BCUT2D eigenvalue weighted by atomic mass is 10.1. The average molecular weight is 416 g/mol. The van der Waals surface area contributed by atoms with E-state index < -0.39 is 11.9 Å². The van der Waals surface area contributed by atoms with Crippen LogP contribution in [-0.2, 0) is 14.3 Å². The van der Waals surface area contributed by atoms with Crippen LogP contribution >= 0.6 is 11.6 Å². The predicted octanol–water partition coefficient (Wildman–Crippen LogP) is 3.72. The van der Waals surface area contributed by atoms with Crippen LogP contribution in [0.5, 0.6) is 17.2 Å². The van der Waals surface area contributed by atoms with Crippen LogP contribution in [0.4, 0.5) is 0 Å². The number of hydrogen-bond donors (Lipinski definition) is 0. The molecule has 0 radical (unpaired) electrons. The van der Waals surface area contributed by atoms with Crippen LogP contribution in [0.3, 0.4) is 0 Å². The van der Waals surface area contributed by atoms with Crippen LogP contribution in [-0.4, -0.2) is 32.8 Å². The van der Waals surface area contributed by atoms with Gasteiger partial charge < -0.3 is 18.9 Å². The summed E-state index contributed by atoms with van der Waals surface area (Å²) in [6, 6.07) is 11.4. The molecule has 0 bridgehead atoms. The highest BCUT2D eigenvalue weighted by atomic mass is 35.5. The molecule has 29 heavy (non-hydrogen) atoms. The van der Waals surface area contributed by atoms with Crippen molar-refractivity contribution >= 4 is 29.6 Å². The van der Waals surface area contributed by atoms with Gasteiger partial charge in [0.2, 0.25) is 0 Å². The maximum Gasteiger partial charge on any atom is 0.349 e. The Balaban J connectivity index is 2.09. The molecule has 0 spiro atoms. The van der Waals surface area contributed by atoms with Crippen molar-refractivity contribution in [1.29, 1.82) is 5.26 Å². The maximum absolute atomic E-state index is 12.1. The second kappa shape index (κ2) is 10.2. The number of aryl methyl sites for hydroxylation is 1. The molecule has 2 rings (SSSR count).